The lowest BCUT2D eigenvalue weighted by molar-refractivity contribution is 0.860. The molecule has 1 aromatic rings. The molecule has 1 saturated heterocycles. The molecule has 102 valence electrons. The fourth-order valence-electron chi connectivity index (χ4n) is 3.04. The normalized spacial score (nSPS) is 31.3. The van der Waals surface area contributed by atoms with Crippen LogP contribution in [-0.4, -0.2) is 23.8 Å². The van der Waals surface area contributed by atoms with Crippen LogP contribution in [0.2, 0.25) is 0 Å². The zero-order valence-electron chi connectivity index (χ0n) is 11.6. The third-order valence-corrected chi connectivity index (χ3v) is 5.11. The average molecular weight is 283 g/mol. The third-order valence-electron chi connectivity index (χ3n) is 4.08. The predicted octanol–water partition coefficient (Wildman–Crippen LogP) is 3.21. The van der Waals surface area contributed by atoms with Gasteiger partial charge in [-0.2, -0.15) is 4.40 Å². The standard InChI is InChI=1S/C16H17N3S/c1-3-10-11(4-2)15-18-20-16(13-9-17-13)19(15)14-8-6-5-7-12(10)14/h3-8,13,16-17H,9H2,1-2H3/b10-3?,11-4+. The Morgan fingerprint density at radius 3 is 2.70 bits per heavy atom. The maximum absolute atomic E-state index is 4.76. The molecule has 20 heavy (non-hydrogen) atoms. The highest BCUT2D eigenvalue weighted by molar-refractivity contribution is 7.99. The predicted molar refractivity (Wildman–Crippen MR) is 86.9 cm³/mol. The Labute approximate surface area is 123 Å². The second-order valence-electron chi connectivity index (χ2n) is 5.22. The van der Waals surface area contributed by atoms with Gasteiger partial charge in [-0.1, -0.05) is 30.4 Å². The molecule has 2 unspecified atom stereocenters. The number of benzene rings is 1. The van der Waals surface area contributed by atoms with Crippen LogP contribution in [0.15, 0.2) is 46.4 Å². The van der Waals surface area contributed by atoms with Crippen LogP contribution in [0.5, 0.6) is 0 Å². The van der Waals surface area contributed by atoms with E-state index in [1.165, 1.54) is 22.4 Å². The van der Waals surface area contributed by atoms with E-state index in [-0.39, 0.29) is 0 Å². The molecular formula is C16H17N3S. The van der Waals surface area contributed by atoms with Crippen LogP contribution in [-0.2, 0) is 0 Å². The molecule has 3 heterocycles. The Kier molecular flexibility index (Phi) is 2.75. The topological polar surface area (TPSA) is 37.5 Å². The van der Waals surface area contributed by atoms with E-state index in [2.05, 4.69) is 60.5 Å². The quantitative estimate of drug-likeness (QED) is 0.635. The van der Waals surface area contributed by atoms with Gasteiger partial charge >= 0.3 is 0 Å². The minimum absolute atomic E-state index is 0.388. The Morgan fingerprint density at radius 1 is 1.25 bits per heavy atom. The molecule has 4 heteroatoms. The molecule has 1 N–H and O–H groups in total. The Balaban J connectivity index is 1.93. The van der Waals surface area contributed by atoms with Gasteiger partial charge in [-0.15, -0.1) is 0 Å². The number of allylic oxidation sites excluding steroid dienone is 2. The maximum Gasteiger partial charge on any atom is 0.149 e. The summed E-state index contributed by atoms with van der Waals surface area (Å²) in [7, 11) is 0. The molecule has 3 nitrogen and oxygen atoms in total. The lowest BCUT2D eigenvalue weighted by Gasteiger charge is -2.35. The average Bonchev–Trinajstić information content (AvgIpc) is 3.24. The van der Waals surface area contributed by atoms with E-state index < -0.39 is 0 Å². The van der Waals surface area contributed by atoms with Crippen molar-refractivity contribution in [3.63, 3.8) is 0 Å². The third kappa shape index (κ3) is 1.61. The van der Waals surface area contributed by atoms with E-state index in [0.29, 0.717) is 11.4 Å². The zero-order valence-corrected chi connectivity index (χ0v) is 12.4. The highest BCUT2D eigenvalue weighted by Crippen LogP contribution is 2.46. The summed E-state index contributed by atoms with van der Waals surface area (Å²) in [5, 5.41) is 3.82. The van der Waals surface area contributed by atoms with Crippen LogP contribution in [0.1, 0.15) is 19.4 Å². The first-order chi connectivity index (χ1) is 9.85. The first-order valence-electron chi connectivity index (χ1n) is 7.04. The molecule has 1 fully saturated rings. The van der Waals surface area contributed by atoms with Crippen molar-refractivity contribution in [1.29, 1.82) is 0 Å². The molecule has 0 amide bonds. The summed E-state index contributed by atoms with van der Waals surface area (Å²) in [6.07, 6.45) is 4.38. The highest BCUT2D eigenvalue weighted by atomic mass is 32.2. The minimum Gasteiger partial charge on any atom is -0.309 e. The van der Waals surface area contributed by atoms with E-state index in [0.717, 1.165) is 12.4 Å². The van der Waals surface area contributed by atoms with Crippen LogP contribution in [0, 0.1) is 0 Å². The summed E-state index contributed by atoms with van der Waals surface area (Å²) in [6, 6.07) is 9.21. The number of para-hydroxylation sites is 1. The molecule has 1 aromatic carbocycles. The van der Waals surface area contributed by atoms with E-state index in [4.69, 9.17) is 4.40 Å². The van der Waals surface area contributed by atoms with E-state index in [9.17, 15) is 0 Å². The van der Waals surface area contributed by atoms with Crippen LogP contribution in [0.25, 0.3) is 5.57 Å². The number of nitrogens with zero attached hydrogens (tertiary/aromatic N) is 2. The van der Waals surface area contributed by atoms with Crippen molar-refractivity contribution in [1.82, 2.24) is 5.32 Å². The van der Waals surface area contributed by atoms with Crippen molar-refractivity contribution in [2.24, 2.45) is 4.40 Å². The molecule has 0 aromatic heterocycles. The summed E-state index contributed by atoms with van der Waals surface area (Å²) in [5.41, 5.74) is 5.15. The molecule has 4 rings (SSSR count). The fourth-order valence-corrected chi connectivity index (χ4v) is 4.08. The van der Waals surface area contributed by atoms with Gasteiger partial charge in [-0.05, 0) is 25.5 Å². The van der Waals surface area contributed by atoms with Crippen molar-refractivity contribution >= 4 is 29.0 Å². The van der Waals surface area contributed by atoms with Crippen LogP contribution in [0.4, 0.5) is 5.69 Å². The lowest BCUT2D eigenvalue weighted by atomic mass is 9.90. The zero-order chi connectivity index (χ0) is 13.7. The lowest BCUT2D eigenvalue weighted by Crippen LogP contribution is -2.42. The van der Waals surface area contributed by atoms with Gasteiger partial charge in [0.2, 0.25) is 0 Å². The first-order valence-corrected chi connectivity index (χ1v) is 7.88. The second kappa shape index (κ2) is 4.50. The molecule has 3 aliphatic rings. The van der Waals surface area contributed by atoms with Crippen LogP contribution in [0.3, 0.4) is 0 Å². The monoisotopic (exact) mass is 283 g/mol. The molecule has 2 atom stereocenters. The number of amidine groups is 1. The number of nitrogens with one attached hydrogen (secondary N) is 1. The Bertz CT molecular complexity index is 655. The van der Waals surface area contributed by atoms with Crippen molar-refractivity contribution in [2.75, 3.05) is 11.4 Å². The van der Waals surface area contributed by atoms with E-state index in [1.54, 1.807) is 11.9 Å². The van der Waals surface area contributed by atoms with E-state index >= 15 is 0 Å². The number of hydrogen-bond acceptors (Lipinski definition) is 4. The summed E-state index contributed by atoms with van der Waals surface area (Å²) in [5.74, 6) is 1.11. The number of fused-ring (bicyclic) bond motifs is 3. The molecular weight excluding hydrogens is 266 g/mol. The van der Waals surface area contributed by atoms with Crippen molar-refractivity contribution in [3.05, 3.63) is 47.6 Å². The number of anilines is 1. The van der Waals surface area contributed by atoms with Gasteiger partial charge in [-0.25, -0.2) is 0 Å². The van der Waals surface area contributed by atoms with Gasteiger partial charge in [0.15, 0.2) is 0 Å². The summed E-state index contributed by atoms with van der Waals surface area (Å²) in [4.78, 5) is 2.41. The molecule has 0 radical (unpaired) electrons. The Morgan fingerprint density at radius 2 is 2.00 bits per heavy atom. The van der Waals surface area contributed by atoms with Gasteiger partial charge in [-0.3, -0.25) is 0 Å². The Hall–Kier alpha value is -1.52. The maximum atomic E-state index is 4.76. The van der Waals surface area contributed by atoms with Gasteiger partial charge < -0.3 is 10.2 Å². The minimum atomic E-state index is 0.388. The smallest absolute Gasteiger partial charge is 0.149 e. The molecule has 0 aliphatic carbocycles. The highest BCUT2D eigenvalue weighted by Gasteiger charge is 2.45. The van der Waals surface area contributed by atoms with E-state index in [1.807, 2.05) is 0 Å². The van der Waals surface area contributed by atoms with Gasteiger partial charge in [0.25, 0.3) is 0 Å². The van der Waals surface area contributed by atoms with Crippen LogP contribution >= 0.6 is 11.9 Å². The summed E-state index contributed by atoms with van der Waals surface area (Å²) in [6.45, 7) is 5.30. The number of rotatable bonds is 1. The van der Waals surface area contributed by atoms with Crippen LogP contribution < -0.4 is 10.2 Å². The van der Waals surface area contributed by atoms with Crippen molar-refractivity contribution < 1.29 is 0 Å². The SMILES string of the molecule is CC=C1/C(=C\C)C2=NSC(C3CN3)N2c2ccccc21. The second-order valence-corrected chi connectivity index (χ2v) is 6.09. The largest absolute Gasteiger partial charge is 0.309 e. The summed E-state index contributed by atoms with van der Waals surface area (Å²) >= 11 is 1.70. The van der Waals surface area contributed by atoms with Gasteiger partial charge in [0.05, 0.1) is 11.7 Å². The fraction of sp³-hybridized carbons (Fsp3) is 0.312. The van der Waals surface area contributed by atoms with Crippen molar-refractivity contribution in [2.45, 2.75) is 25.3 Å². The molecule has 0 spiro atoms. The summed E-state index contributed by atoms with van der Waals surface area (Å²) < 4.78 is 4.76. The molecule has 0 bridgehead atoms. The molecule has 0 saturated carbocycles. The van der Waals surface area contributed by atoms with Gasteiger partial charge in [0, 0.05) is 29.6 Å². The first kappa shape index (κ1) is 12.2. The number of hydrogen-bond donors (Lipinski definition) is 1. The van der Waals surface area contributed by atoms with Crippen molar-refractivity contribution in [3.8, 4) is 0 Å². The molecule has 3 aliphatic heterocycles. The van der Waals surface area contributed by atoms with Gasteiger partial charge in [0.1, 0.15) is 11.2 Å².